The van der Waals surface area contributed by atoms with Crippen LogP contribution < -0.4 is 10.3 Å². The van der Waals surface area contributed by atoms with Gasteiger partial charge < -0.3 is 9.72 Å². The molecule has 3 atom stereocenters. The lowest BCUT2D eigenvalue weighted by molar-refractivity contribution is 0.265. The number of nitrogens with one attached hydrogen (secondary N) is 1. The number of alkyl halides is 1. The first-order valence-electron chi connectivity index (χ1n) is 7.32. The van der Waals surface area contributed by atoms with Gasteiger partial charge in [0.05, 0.1) is 12.5 Å². The second kappa shape index (κ2) is 5.31. The number of rotatable bonds is 2. The van der Waals surface area contributed by atoms with Crippen LogP contribution in [0.5, 0.6) is 5.75 Å². The zero-order valence-corrected chi connectivity index (χ0v) is 13.3. The van der Waals surface area contributed by atoms with Crippen molar-refractivity contribution in [1.29, 1.82) is 0 Å². The van der Waals surface area contributed by atoms with Gasteiger partial charge in [-0.25, -0.2) is 9.37 Å². The number of allylic oxidation sites excluding steroid dienone is 2. The predicted octanol–water partition coefficient (Wildman–Crippen LogP) is 2.01. The fraction of sp³-hybridized carbons (Fsp3) is 0.467. The summed E-state index contributed by atoms with van der Waals surface area (Å²) < 4.78 is 19.9. The first-order chi connectivity index (χ1) is 10.6. The summed E-state index contributed by atoms with van der Waals surface area (Å²) in [5.41, 5.74) is 0.407. The van der Waals surface area contributed by atoms with Crippen molar-refractivity contribution < 1.29 is 9.13 Å². The van der Waals surface area contributed by atoms with Crippen LogP contribution in [0.3, 0.4) is 0 Å². The molecule has 0 bridgehead atoms. The molecule has 7 heteroatoms. The number of H-pyrrole nitrogens is 1. The standard InChI is InChI=1S/C15H15BrFN3O2/c16-8-1-2-11-10(5-8)13-14(22-11)15(21)19-12(18-13)7-20-4-3-9(17)6-20/h1-2,5,9-11H,3-4,6-7H2,(H,18,19,21)/t9-,10?,11?/m0/s1. The molecule has 1 aromatic rings. The molecule has 2 unspecified atom stereocenters. The fourth-order valence-corrected chi connectivity index (χ4v) is 3.63. The van der Waals surface area contributed by atoms with Gasteiger partial charge in [-0.2, -0.15) is 0 Å². The maximum absolute atomic E-state index is 13.3. The third-order valence-electron chi connectivity index (χ3n) is 4.25. The first kappa shape index (κ1) is 14.1. The molecule has 1 fully saturated rings. The fourth-order valence-electron chi connectivity index (χ4n) is 3.20. The van der Waals surface area contributed by atoms with Crippen molar-refractivity contribution in [3.05, 3.63) is 44.6 Å². The van der Waals surface area contributed by atoms with Crippen LogP contribution >= 0.6 is 15.9 Å². The number of hydrogen-bond donors (Lipinski definition) is 1. The van der Waals surface area contributed by atoms with Gasteiger partial charge in [0.15, 0.2) is 0 Å². The number of nitrogens with zero attached hydrogens (tertiary/aromatic N) is 2. The Morgan fingerprint density at radius 3 is 3.18 bits per heavy atom. The number of likely N-dealkylation sites (tertiary alicyclic amines) is 1. The van der Waals surface area contributed by atoms with E-state index in [0.29, 0.717) is 43.3 Å². The monoisotopic (exact) mass is 367 g/mol. The van der Waals surface area contributed by atoms with Gasteiger partial charge in [0.1, 0.15) is 23.8 Å². The number of aromatic amines is 1. The molecule has 3 aliphatic rings. The van der Waals surface area contributed by atoms with Crippen molar-refractivity contribution in [2.75, 3.05) is 13.1 Å². The van der Waals surface area contributed by atoms with Crippen LogP contribution in [0.25, 0.3) is 0 Å². The SMILES string of the molecule is O=c1[nH]c(CN2CC[C@H](F)C2)nc2c1OC1C=CC(Br)=CC21. The van der Waals surface area contributed by atoms with Crippen molar-refractivity contribution >= 4 is 15.9 Å². The minimum absolute atomic E-state index is 0.0528. The molecule has 1 N–H and O–H groups in total. The minimum atomic E-state index is -0.781. The van der Waals surface area contributed by atoms with Crippen molar-refractivity contribution in [2.24, 2.45) is 0 Å². The van der Waals surface area contributed by atoms with Gasteiger partial charge in [-0.3, -0.25) is 9.69 Å². The number of halogens is 2. The van der Waals surface area contributed by atoms with Crippen LogP contribution in [0.1, 0.15) is 23.9 Å². The quantitative estimate of drug-likeness (QED) is 0.868. The predicted molar refractivity (Wildman–Crippen MR) is 83.0 cm³/mol. The smallest absolute Gasteiger partial charge is 0.293 e. The van der Waals surface area contributed by atoms with E-state index in [0.717, 1.165) is 4.48 Å². The highest BCUT2D eigenvalue weighted by atomic mass is 79.9. The molecule has 1 aromatic heterocycles. The summed E-state index contributed by atoms with van der Waals surface area (Å²) in [7, 11) is 0. The maximum Gasteiger partial charge on any atom is 0.293 e. The zero-order valence-electron chi connectivity index (χ0n) is 11.8. The molecule has 0 spiro atoms. The van der Waals surface area contributed by atoms with Gasteiger partial charge in [-0.05, 0) is 18.6 Å². The summed E-state index contributed by atoms with van der Waals surface area (Å²) in [6.45, 7) is 1.55. The highest BCUT2D eigenvalue weighted by molar-refractivity contribution is 9.11. The van der Waals surface area contributed by atoms with Crippen LogP contribution in [0.15, 0.2) is 27.5 Å². The minimum Gasteiger partial charge on any atom is -0.478 e. The Hall–Kier alpha value is -1.47. The van der Waals surface area contributed by atoms with Crippen molar-refractivity contribution in [3.63, 3.8) is 0 Å². The number of fused-ring (bicyclic) bond motifs is 3. The molecule has 0 amide bonds. The average molecular weight is 368 g/mol. The lowest BCUT2D eigenvalue weighted by atomic mass is 9.96. The average Bonchev–Trinajstić information content (AvgIpc) is 3.03. The molecule has 0 radical (unpaired) electrons. The van der Waals surface area contributed by atoms with Gasteiger partial charge in [0.25, 0.3) is 5.56 Å². The Morgan fingerprint density at radius 1 is 1.55 bits per heavy atom. The Morgan fingerprint density at radius 2 is 2.41 bits per heavy atom. The molecule has 0 aromatic carbocycles. The Kier molecular flexibility index (Phi) is 3.41. The van der Waals surface area contributed by atoms with Gasteiger partial charge in [-0.1, -0.05) is 22.0 Å². The molecule has 1 aliphatic carbocycles. The van der Waals surface area contributed by atoms with Gasteiger partial charge in [-0.15, -0.1) is 0 Å². The zero-order chi connectivity index (χ0) is 15.3. The summed E-state index contributed by atoms with van der Waals surface area (Å²) in [6, 6.07) is 0. The lowest BCUT2D eigenvalue weighted by Gasteiger charge is -2.16. The van der Waals surface area contributed by atoms with Crippen LogP contribution in [0, 0.1) is 0 Å². The lowest BCUT2D eigenvalue weighted by Crippen LogP contribution is -2.24. The molecule has 4 rings (SSSR count). The van der Waals surface area contributed by atoms with E-state index in [1.807, 2.05) is 23.1 Å². The van der Waals surface area contributed by atoms with Crippen molar-refractivity contribution in [3.8, 4) is 5.75 Å². The number of ether oxygens (including phenoxy) is 1. The molecule has 116 valence electrons. The molecule has 2 aliphatic heterocycles. The van der Waals surface area contributed by atoms with Gasteiger partial charge in [0.2, 0.25) is 5.75 Å². The summed E-state index contributed by atoms with van der Waals surface area (Å²) >= 11 is 3.45. The molecule has 3 heterocycles. The normalized spacial score (nSPS) is 29.9. The largest absolute Gasteiger partial charge is 0.478 e. The summed E-state index contributed by atoms with van der Waals surface area (Å²) in [5.74, 6) is 0.816. The summed E-state index contributed by atoms with van der Waals surface area (Å²) in [4.78, 5) is 21.5. The van der Waals surface area contributed by atoms with E-state index in [1.165, 1.54) is 0 Å². The first-order valence-corrected chi connectivity index (χ1v) is 8.11. The van der Waals surface area contributed by atoms with Gasteiger partial charge in [0, 0.05) is 17.6 Å². The summed E-state index contributed by atoms with van der Waals surface area (Å²) in [5, 5.41) is 0. The van der Waals surface area contributed by atoms with E-state index < -0.39 is 6.17 Å². The summed E-state index contributed by atoms with van der Waals surface area (Å²) in [6.07, 6.45) is 5.42. The van der Waals surface area contributed by atoms with E-state index in [9.17, 15) is 9.18 Å². The van der Waals surface area contributed by atoms with Crippen molar-refractivity contribution in [1.82, 2.24) is 14.9 Å². The molecule has 1 saturated heterocycles. The van der Waals surface area contributed by atoms with E-state index in [2.05, 4.69) is 25.9 Å². The van der Waals surface area contributed by atoms with E-state index >= 15 is 0 Å². The second-order valence-corrected chi connectivity index (χ2v) is 6.78. The molecule has 5 nitrogen and oxygen atoms in total. The van der Waals surface area contributed by atoms with E-state index in [1.54, 1.807) is 0 Å². The third kappa shape index (κ3) is 2.42. The van der Waals surface area contributed by atoms with Crippen LogP contribution in [-0.4, -0.2) is 40.2 Å². The Labute approximate surface area is 135 Å². The van der Waals surface area contributed by atoms with Crippen LogP contribution in [-0.2, 0) is 6.54 Å². The Balaban J connectivity index is 1.65. The van der Waals surface area contributed by atoms with Crippen LogP contribution in [0.2, 0.25) is 0 Å². The number of aromatic nitrogens is 2. The molecule has 0 saturated carbocycles. The molecular weight excluding hydrogens is 353 g/mol. The van der Waals surface area contributed by atoms with Crippen molar-refractivity contribution in [2.45, 2.75) is 31.2 Å². The van der Waals surface area contributed by atoms with Crippen LogP contribution in [0.4, 0.5) is 4.39 Å². The Bertz CT molecular complexity index is 730. The highest BCUT2D eigenvalue weighted by Gasteiger charge is 2.37. The highest BCUT2D eigenvalue weighted by Crippen LogP contribution is 2.39. The van der Waals surface area contributed by atoms with E-state index in [-0.39, 0.29) is 17.6 Å². The molecular formula is C15H15BrFN3O2. The maximum atomic E-state index is 13.3. The third-order valence-corrected chi connectivity index (χ3v) is 4.78. The second-order valence-electron chi connectivity index (χ2n) is 5.87. The topological polar surface area (TPSA) is 58.2 Å². The number of hydrogen-bond acceptors (Lipinski definition) is 4. The van der Waals surface area contributed by atoms with E-state index in [4.69, 9.17) is 4.74 Å². The van der Waals surface area contributed by atoms with Gasteiger partial charge >= 0.3 is 0 Å². The molecule has 22 heavy (non-hydrogen) atoms.